The van der Waals surface area contributed by atoms with E-state index in [0.29, 0.717) is 24.7 Å². The molecule has 2 aromatic carbocycles. The molecule has 6 nitrogen and oxygen atoms in total. The predicted molar refractivity (Wildman–Crippen MR) is 121 cm³/mol. The first-order chi connectivity index (χ1) is 15.1. The van der Waals surface area contributed by atoms with Crippen molar-refractivity contribution in [1.82, 2.24) is 10.1 Å². The second-order valence-electron chi connectivity index (χ2n) is 8.72. The molecular weight excluding hydrogens is 388 g/mol. The number of anilines is 2. The average Bonchev–Trinajstić information content (AvgIpc) is 3.44. The van der Waals surface area contributed by atoms with E-state index >= 15 is 0 Å². The van der Waals surface area contributed by atoms with E-state index in [2.05, 4.69) is 65.3 Å². The van der Waals surface area contributed by atoms with Crippen molar-refractivity contribution in [3.8, 4) is 11.4 Å². The standard InChI is InChI=1S/C25H28N4O2/c1-17-6-9-22(14-18(17)2)29-16-20(15-23(29)30)25-26-24(27-31-25)19-7-10-21(11-8-19)28-12-4-3-5-13-28/h6-11,14,20H,3-5,12-13,15-16H2,1-2H3. The molecule has 0 saturated carbocycles. The van der Waals surface area contributed by atoms with Gasteiger partial charge in [0.05, 0.1) is 5.92 Å². The molecule has 0 spiro atoms. The number of piperidine rings is 1. The minimum atomic E-state index is -0.0806. The summed E-state index contributed by atoms with van der Waals surface area (Å²) in [6.45, 7) is 6.96. The molecule has 2 aliphatic heterocycles. The van der Waals surface area contributed by atoms with Gasteiger partial charge in [-0.3, -0.25) is 4.79 Å². The molecule has 31 heavy (non-hydrogen) atoms. The smallest absolute Gasteiger partial charge is 0.232 e. The highest BCUT2D eigenvalue weighted by Gasteiger charge is 2.35. The highest BCUT2D eigenvalue weighted by Crippen LogP contribution is 2.33. The van der Waals surface area contributed by atoms with Gasteiger partial charge in [0.1, 0.15) is 0 Å². The van der Waals surface area contributed by atoms with Gasteiger partial charge in [0.25, 0.3) is 0 Å². The molecule has 1 amide bonds. The molecule has 3 aromatic rings. The highest BCUT2D eigenvalue weighted by atomic mass is 16.5. The van der Waals surface area contributed by atoms with Gasteiger partial charge in [0.15, 0.2) is 0 Å². The summed E-state index contributed by atoms with van der Waals surface area (Å²) in [5, 5.41) is 4.19. The Hall–Kier alpha value is -3.15. The Kier molecular flexibility index (Phi) is 5.22. The maximum atomic E-state index is 12.7. The van der Waals surface area contributed by atoms with Gasteiger partial charge in [-0.1, -0.05) is 11.2 Å². The van der Waals surface area contributed by atoms with Crippen LogP contribution in [-0.4, -0.2) is 35.7 Å². The average molecular weight is 417 g/mol. The molecule has 1 unspecified atom stereocenters. The van der Waals surface area contributed by atoms with Crippen molar-refractivity contribution >= 4 is 17.3 Å². The Labute approximate surface area is 182 Å². The number of aromatic nitrogens is 2. The third kappa shape index (κ3) is 3.94. The number of hydrogen-bond donors (Lipinski definition) is 0. The largest absolute Gasteiger partial charge is 0.372 e. The fraction of sp³-hybridized carbons (Fsp3) is 0.400. The zero-order chi connectivity index (χ0) is 21.4. The van der Waals surface area contributed by atoms with Crippen LogP contribution >= 0.6 is 0 Å². The molecule has 0 N–H and O–H groups in total. The summed E-state index contributed by atoms with van der Waals surface area (Å²) in [7, 11) is 0. The second kappa shape index (κ2) is 8.17. The van der Waals surface area contributed by atoms with E-state index < -0.39 is 0 Å². The molecule has 1 aromatic heterocycles. The van der Waals surface area contributed by atoms with Gasteiger partial charge in [-0.25, -0.2) is 0 Å². The number of carbonyl (C=O) groups is 1. The van der Waals surface area contributed by atoms with Gasteiger partial charge in [-0.15, -0.1) is 0 Å². The summed E-state index contributed by atoms with van der Waals surface area (Å²) in [4.78, 5) is 21.5. The van der Waals surface area contributed by atoms with Crippen LogP contribution in [0.2, 0.25) is 0 Å². The fourth-order valence-electron chi connectivity index (χ4n) is 4.51. The molecule has 0 radical (unpaired) electrons. The monoisotopic (exact) mass is 416 g/mol. The van der Waals surface area contributed by atoms with Crippen molar-refractivity contribution in [2.24, 2.45) is 0 Å². The molecule has 5 rings (SSSR count). The zero-order valence-electron chi connectivity index (χ0n) is 18.2. The number of rotatable bonds is 4. The molecule has 1 atom stereocenters. The van der Waals surface area contributed by atoms with Crippen molar-refractivity contribution in [1.29, 1.82) is 0 Å². The summed E-state index contributed by atoms with van der Waals surface area (Å²) in [6.07, 6.45) is 4.23. The molecule has 0 bridgehead atoms. The van der Waals surface area contributed by atoms with Crippen LogP contribution in [0.3, 0.4) is 0 Å². The zero-order valence-corrected chi connectivity index (χ0v) is 18.2. The fourth-order valence-corrected chi connectivity index (χ4v) is 4.51. The molecule has 2 aliphatic rings. The Bertz CT molecular complexity index is 1080. The van der Waals surface area contributed by atoms with Crippen LogP contribution in [0.1, 0.15) is 48.6 Å². The number of carbonyl (C=O) groups excluding carboxylic acids is 1. The minimum absolute atomic E-state index is 0.0806. The van der Waals surface area contributed by atoms with E-state index in [4.69, 9.17) is 4.52 Å². The Morgan fingerprint density at radius 3 is 2.42 bits per heavy atom. The topological polar surface area (TPSA) is 62.5 Å². The normalized spacial score (nSPS) is 19.3. The molecule has 160 valence electrons. The van der Waals surface area contributed by atoms with E-state index in [1.807, 2.05) is 11.0 Å². The summed E-state index contributed by atoms with van der Waals surface area (Å²) < 4.78 is 5.57. The molecule has 6 heteroatoms. The summed E-state index contributed by atoms with van der Waals surface area (Å²) in [5.41, 5.74) is 5.52. The Balaban J connectivity index is 1.30. The van der Waals surface area contributed by atoms with Crippen LogP contribution in [0.5, 0.6) is 0 Å². The van der Waals surface area contributed by atoms with Gasteiger partial charge >= 0.3 is 0 Å². The third-order valence-corrected chi connectivity index (χ3v) is 6.56. The number of amides is 1. The summed E-state index contributed by atoms with van der Waals surface area (Å²) in [6, 6.07) is 14.5. The number of aryl methyl sites for hydroxylation is 2. The van der Waals surface area contributed by atoms with E-state index in [1.54, 1.807) is 0 Å². The highest BCUT2D eigenvalue weighted by molar-refractivity contribution is 5.96. The lowest BCUT2D eigenvalue weighted by Crippen LogP contribution is -2.29. The first-order valence-corrected chi connectivity index (χ1v) is 11.1. The number of nitrogens with zero attached hydrogens (tertiary/aromatic N) is 4. The molecule has 2 fully saturated rings. The van der Waals surface area contributed by atoms with Crippen LogP contribution in [0.25, 0.3) is 11.4 Å². The maximum absolute atomic E-state index is 12.7. The molecule has 0 aliphatic carbocycles. The minimum Gasteiger partial charge on any atom is -0.372 e. The lowest BCUT2D eigenvalue weighted by atomic mass is 10.1. The number of hydrogen-bond acceptors (Lipinski definition) is 5. The maximum Gasteiger partial charge on any atom is 0.232 e. The van der Waals surface area contributed by atoms with Gasteiger partial charge < -0.3 is 14.3 Å². The Morgan fingerprint density at radius 1 is 0.935 bits per heavy atom. The first-order valence-electron chi connectivity index (χ1n) is 11.1. The van der Waals surface area contributed by atoms with Crippen molar-refractivity contribution in [2.75, 3.05) is 29.4 Å². The van der Waals surface area contributed by atoms with Gasteiger partial charge in [0, 0.05) is 43.0 Å². The van der Waals surface area contributed by atoms with Gasteiger partial charge in [0.2, 0.25) is 17.6 Å². The van der Waals surface area contributed by atoms with Gasteiger partial charge in [-0.05, 0) is 80.6 Å². The van der Waals surface area contributed by atoms with Crippen LogP contribution in [0, 0.1) is 13.8 Å². The molecule has 2 saturated heterocycles. The van der Waals surface area contributed by atoms with Crippen LogP contribution in [0.15, 0.2) is 47.0 Å². The molecular formula is C25H28N4O2. The van der Waals surface area contributed by atoms with Crippen molar-refractivity contribution < 1.29 is 9.32 Å². The van der Waals surface area contributed by atoms with Crippen molar-refractivity contribution in [3.63, 3.8) is 0 Å². The third-order valence-electron chi connectivity index (χ3n) is 6.56. The quantitative estimate of drug-likeness (QED) is 0.608. The summed E-state index contributed by atoms with van der Waals surface area (Å²) >= 11 is 0. The lowest BCUT2D eigenvalue weighted by molar-refractivity contribution is -0.117. The predicted octanol–water partition coefficient (Wildman–Crippen LogP) is 4.86. The van der Waals surface area contributed by atoms with E-state index in [9.17, 15) is 4.79 Å². The van der Waals surface area contributed by atoms with E-state index in [0.717, 1.165) is 24.3 Å². The van der Waals surface area contributed by atoms with Crippen molar-refractivity contribution in [3.05, 3.63) is 59.5 Å². The van der Waals surface area contributed by atoms with E-state index in [1.165, 1.54) is 36.1 Å². The molecule has 3 heterocycles. The lowest BCUT2D eigenvalue weighted by Gasteiger charge is -2.28. The number of benzene rings is 2. The Morgan fingerprint density at radius 2 is 1.68 bits per heavy atom. The van der Waals surface area contributed by atoms with Crippen LogP contribution < -0.4 is 9.80 Å². The van der Waals surface area contributed by atoms with Gasteiger partial charge in [-0.2, -0.15) is 4.98 Å². The van der Waals surface area contributed by atoms with Crippen LogP contribution in [-0.2, 0) is 4.79 Å². The second-order valence-corrected chi connectivity index (χ2v) is 8.72. The van der Waals surface area contributed by atoms with E-state index in [-0.39, 0.29) is 11.8 Å². The SMILES string of the molecule is Cc1ccc(N2CC(c3nc(-c4ccc(N5CCCCC5)cc4)no3)CC2=O)cc1C. The first kappa shape index (κ1) is 19.8. The summed E-state index contributed by atoms with van der Waals surface area (Å²) in [5.74, 6) is 1.13. The van der Waals surface area contributed by atoms with Crippen LogP contribution in [0.4, 0.5) is 11.4 Å². The van der Waals surface area contributed by atoms with Crippen molar-refractivity contribution in [2.45, 2.75) is 45.4 Å².